The number of aliphatic carboxylic acids is 1. The maximum atomic E-state index is 13.0. The lowest BCUT2D eigenvalue weighted by Crippen LogP contribution is -2.43. The van der Waals surface area contributed by atoms with Gasteiger partial charge < -0.3 is 15.2 Å². The van der Waals surface area contributed by atoms with Crippen LogP contribution in [0.3, 0.4) is 0 Å². The van der Waals surface area contributed by atoms with Crippen molar-refractivity contribution in [2.75, 3.05) is 0 Å². The van der Waals surface area contributed by atoms with Crippen LogP contribution in [0.15, 0.2) is 30.3 Å². The molecule has 6 heteroatoms. The third-order valence-corrected chi connectivity index (χ3v) is 9.74. The van der Waals surface area contributed by atoms with E-state index in [2.05, 4.69) is 19.2 Å². The first-order valence-electron chi connectivity index (χ1n) is 20.7. The predicted molar refractivity (Wildman–Crippen MR) is 205 cm³/mol. The largest absolute Gasteiger partial charge is 0.480 e. The number of carboxylic acids is 1. The maximum Gasteiger partial charge on any atom is 0.326 e. The van der Waals surface area contributed by atoms with Crippen molar-refractivity contribution in [2.24, 2.45) is 0 Å². The zero-order valence-corrected chi connectivity index (χ0v) is 31.8. The first-order chi connectivity index (χ1) is 24.0. The van der Waals surface area contributed by atoms with Crippen LogP contribution < -0.4 is 5.32 Å². The third kappa shape index (κ3) is 28.1. The Kier molecular flexibility index (Phi) is 29.9. The van der Waals surface area contributed by atoms with E-state index < -0.39 is 18.1 Å². The number of carbonyl (C=O) groups is 3. The summed E-state index contributed by atoms with van der Waals surface area (Å²) in [5, 5.41) is 12.4. The molecule has 0 bridgehead atoms. The first-order valence-corrected chi connectivity index (χ1v) is 20.7. The normalized spacial score (nSPS) is 12.4. The predicted octanol–water partition coefficient (Wildman–Crippen LogP) is 12.1. The fourth-order valence-electron chi connectivity index (χ4n) is 6.63. The van der Waals surface area contributed by atoms with E-state index in [1.807, 2.05) is 30.3 Å². The molecule has 0 aromatic heterocycles. The number of hydrogen-bond donors (Lipinski definition) is 2. The van der Waals surface area contributed by atoms with Gasteiger partial charge >= 0.3 is 11.9 Å². The summed E-state index contributed by atoms with van der Waals surface area (Å²) in [6, 6.07) is 8.30. The average Bonchev–Trinajstić information content (AvgIpc) is 3.09. The van der Waals surface area contributed by atoms with Crippen molar-refractivity contribution in [3.8, 4) is 0 Å². The molecular formula is C43H75NO5. The molecule has 0 aliphatic heterocycles. The molecule has 1 unspecified atom stereocenters. The zero-order chi connectivity index (χ0) is 35.6. The Hall–Kier alpha value is -2.37. The second-order valence-electron chi connectivity index (χ2n) is 14.5. The number of nitrogens with one attached hydrogen (secondary N) is 1. The molecule has 0 saturated heterocycles. The molecule has 0 radical (unpaired) electrons. The van der Waals surface area contributed by atoms with Crippen molar-refractivity contribution >= 4 is 17.8 Å². The molecule has 1 aromatic rings. The molecule has 1 aromatic carbocycles. The van der Waals surface area contributed by atoms with Gasteiger partial charge in [0.1, 0.15) is 12.1 Å². The minimum Gasteiger partial charge on any atom is -0.480 e. The maximum absolute atomic E-state index is 13.0. The van der Waals surface area contributed by atoms with Gasteiger partial charge in [0.25, 0.3) is 0 Å². The van der Waals surface area contributed by atoms with Gasteiger partial charge in [-0.25, -0.2) is 4.79 Å². The van der Waals surface area contributed by atoms with E-state index in [0.29, 0.717) is 12.8 Å². The highest BCUT2D eigenvalue weighted by Gasteiger charge is 2.24. The van der Waals surface area contributed by atoms with Gasteiger partial charge in [0.15, 0.2) is 0 Å². The van der Waals surface area contributed by atoms with E-state index in [9.17, 15) is 19.5 Å². The van der Waals surface area contributed by atoms with Gasteiger partial charge in [-0.05, 0) is 24.8 Å². The van der Waals surface area contributed by atoms with Crippen molar-refractivity contribution < 1.29 is 24.2 Å². The summed E-state index contributed by atoms with van der Waals surface area (Å²) in [4.78, 5) is 37.7. The molecule has 282 valence electrons. The van der Waals surface area contributed by atoms with Gasteiger partial charge in [-0.1, -0.05) is 198 Å². The van der Waals surface area contributed by atoms with Crippen LogP contribution in [-0.4, -0.2) is 35.1 Å². The molecule has 0 spiro atoms. The summed E-state index contributed by atoms with van der Waals surface area (Å²) < 4.78 is 5.85. The second-order valence-corrected chi connectivity index (χ2v) is 14.5. The van der Waals surface area contributed by atoms with E-state index >= 15 is 0 Å². The minimum absolute atomic E-state index is 0.00116. The van der Waals surface area contributed by atoms with Crippen molar-refractivity contribution in [3.63, 3.8) is 0 Å². The van der Waals surface area contributed by atoms with Crippen molar-refractivity contribution in [2.45, 2.75) is 219 Å². The summed E-state index contributed by atoms with van der Waals surface area (Å²) in [5.41, 5.74) is 0.850. The Morgan fingerprint density at radius 3 is 1.43 bits per heavy atom. The number of carbonyl (C=O) groups excluding carboxylic acids is 2. The standard InChI is InChI=1S/C43H75NO5/c1-3-5-7-9-11-13-15-17-19-21-23-25-30-34-39(37-41(45)44-40(43(47)48)36-38-32-28-27-29-33-38)49-42(46)35-31-26-24-22-20-18-16-14-12-10-8-6-4-2/h27-29,32-33,39-40H,3-26,30-31,34-37H2,1-2H3,(H,44,45)(H,47,48)/t39?,40-/m0/s1. The SMILES string of the molecule is CCCCCCCCCCCCCCCC(=O)OC(CCCCCCCCCCCCCCC)CC(=O)N[C@@H](Cc1ccccc1)C(=O)O. The van der Waals surface area contributed by atoms with Gasteiger partial charge in [-0.2, -0.15) is 0 Å². The highest BCUT2D eigenvalue weighted by Crippen LogP contribution is 2.18. The van der Waals surface area contributed by atoms with E-state index in [0.717, 1.165) is 44.1 Å². The molecule has 0 saturated carbocycles. The van der Waals surface area contributed by atoms with Gasteiger partial charge in [-0.3, -0.25) is 9.59 Å². The third-order valence-electron chi connectivity index (χ3n) is 9.74. The van der Waals surface area contributed by atoms with E-state index in [1.54, 1.807) is 0 Å². The van der Waals surface area contributed by atoms with Gasteiger partial charge in [-0.15, -0.1) is 0 Å². The highest BCUT2D eigenvalue weighted by atomic mass is 16.5. The number of rotatable bonds is 35. The Morgan fingerprint density at radius 1 is 0.592 bits per heavy atom. The molecule has 2 N–H and O–H groups in total. The molecule has 6 nitrogen and oxygen atoms in total. The van der Waals surface area contributed by atoms with Crippen LogP contribution in [0.5, 0.6) is 0 Å². The van der Waals surface area contributed by atoms with Crippen molar-refractivity contribution in [1.82, 2.24) is 5.32 Å². The highest BCUT2D eigenvalue weighted by molar-refractivity contribution is 5.84. The first kappa shape index (κ1) is 44.7. The molecule has 0 heterocycles. The Morgan fingerprint density at radius 2 is 1.00 bits per heavy atom. The summed E-state index contributed by atoms with van der Waals surface area (Å²) in [6.07, 6.45) is 33.4. The molecular weight excluding hydrogens is 610 g/mol. The molecule has 0 aliphatic carbocycles. The number of ether oxygens (including phenoxy) is 1. The van der Waals surface area contributed by atoms with Crippen LogP contribution in [0.1, 0.15) is 206 Å². The van der Waals surface area contributed by atoms with E-state index in [1.165, 1.54) is 128 Å². The van der Waals surface area contributed by atoms with Crippen LogP contribution >= 0.6 is 0 Å². The Balaban J connectivity index is 2.38. The lowest BCUT2D eigenvalue weighted by atomic mass is 10.0. The quantitative estimate of drug-likeness (QED) is 0.0548. The molecule has 2 atom stereocenters. The monoisotopic (exact) mass is 686 g/mol. The number of esters is 1. The summed E-state index contributed by atoms with van der Waals surface area (Å²) in [5.74, 6) is -1.68. The van der Waals surface area contributed by atoms with Crippen LogP contribution in [0.25, 0.3) is 0 Å². The lowest BCUT2D eigenvalue weighted by molar-refractivity contribution is -0.151. The van der Waals surface area contributed by atoms with Crippen LogP contribution in [0.4, 0.5) is 0 Å². The fraction of sp³-hybridized carbons (Fsp3) is 0.791. The lowest BCUT2D eigenvalue weighted by Gasteiger charge is -2.20. The summed E-state index contributed by atoms with van der Waals surface area (Å²) in [6.45, 7) is 4.52. The molecule has 0 fully saturated rings. The van der Waals surface area contributed by atoms with Crippen molar-refractivity contribution in [3.05, 3.63) is 35.9 Å². The van der Waals surface area contributed by atoms with Crippen LogP contribution in [-0.2, 0) is 25.5 Å². The Bertz CT molecular complexity index is 920. The Labute approximate surface area is 301 Å². The molecule has 1 amide bonds. The molecule has 0 aliphatic rings. The van der Waals surface area contributed by atoms with Crippen LogP contribution in [0.2, 0.25) is 0 Å². The second kappa shape index (κ2) is 32.8. The number of hydrogen-bond acceptors (Lipinski definition) is 4. The number of benzene rings is 1. The van der Waals surface area contributed by atoms with Crippen LogP contribution in [0, 0.1) is 0 Å². The van der Waals surface area contributed by atoms with Gasteiger partial charge in [0.2, 0.25) is 5.91 Å². The fourth-order valence-corrected chi connectivity index (χ4v) is 6.63. The van der Waals surface area contributed by atoms with Crippen molar-refractivity contribution in [1.29, 1.82) is 0 Å². The van der Waals surface area contributed by atoms with Gasteiger partial charge in [0.05, 0.1) is 6.42 Å². The summed E-state index contributed by atoms with van der Waals surface area (Å²) >= 11 is 0. The zero-order valence-electron chi connectivity index (χ0n) is 31.8. The minimum atomic E-state index is -1.07. The summed E-state index contributed by atoms with van der Waals surface area (Å²) in [7, 11) is 0. The molecule has 1 rings (SSSR count). The topological polar surface area (TPSA) is 92.7 Å². The van der Waals surface area contributed by atoms with E-state index in [-0.39, 0.29) is 24.7 Å². The number of amides is 1. The number of carboxylic acid groups (broad SMARTS) is 1. The number of unbranched alkanes of at least 4 members (excludes halogenated alkanes) is 24. The average molecular weight is 686 g/mol. The smallest absolute Gasteiger partial charge is 0.326 e. The molecule has 49 heavy (non-hydrogen) atoms. The van der Waals surface area contributed by atoms with E-state index in [4.69, 9.17) is 4.74 Å². The van der Waals surface area contributed by atoms with Gasteiger partial charge in [0, 0.05) is 12.8 Å².